The van der Waals surface area contributed by atoms with Crippen molar-refractivity contribution >= 4 is 16.8 Å². The number of aromatic nitrogens is 1. The molecule has 2 aromatic carbocycles. The zero-order valence-corrected chi connectivity index (χ0v) is 23.1. The third-order valence-electron chi connectivity index (χ3n) is 11.1. The molecule has 3 N–H and O–H groups in total. The Morgan fingerprint density at radius 2 is 2.05 bits per heavy atom. The molecule has 40 heavy (non-hydrogen) atoms. The van der Waals surface area contributed by atoms with Crippen molar-refractivity contribution in [3.05, 3.63) is 64.6 Å². The first-order valence-electron chi connectivity index (χ1n) is 14.7. The minimum atomic E-state index is -0.721. The molecular formula is C32H36F2N4O2. The topological polar surface area (TPSA) is 74.6 Å². The Balaban J connectivity index is 1.27. The number of hydrogen-bond donors (Lipinski definition) is 2. The maximum Gasteiger partial charge on any atom is 0.224 e. The van der Waals surface area contributed by atoms with E-state index >= 15 is 4.39 Å². The third kappa shape index (κ3) is 2.86. The number of fused-ring (bicyclic) bond motifs is 7. The van der Waals surface area contributed by atoms with Crippen LogP contribution in [0.4, 0.5) is 8.78 Å². The first kappa shape index (κ1) is 24.8. The number of aromatic amines is 1. The first-order valence-corrected chi connectivity index (χ1v) is 14.7. The van der Waals surface area contributed by atoms with Gasteiger partial charge in [0.25, 0.3) is 0 Å². The summed E-state index contributed by atoms with van der Waals surface area (Å²) in [5, 5.41) is 1.19. The van der Waals surface area contributed by atoms with E-state index in [2.05, 4.69) is 46.8 Å². The van der Waals surface area contributed by atoms with Gasteiger partial charge in [-0.2, -0.15) is 0 Å². The molecule has 4 fully saturated rings. The van der Waals surface area contributed by atoms with Crippen molar-refractivity contribution in [2.45, 2.75) is 75.1 Å². The molecule has 8 heteroatoms. The van der Waals surface area contributed by atoms with Gasteiger partial charge in [0.05, 0.1) is 17.6 Å². The number of nitrogens with one attached hydrogen (secondary N) is 1. The minimum absolute atomic E-state index is 0.0715. The summed E-state index contributed by atoms with van der Waals surface area (Å²) in [7, 11) is 0. The van der Waals surface area contributed by atoms with E-state index in [1.807, 2.05) is 12.1 Å². The van der Waals surface area contributed by atoms with Crippen molar-refractivity contribution in [2.24, 2.45) is 11.1 Å². The number of rotatable bonds is 6. The van der Waals surface area contributed by atoms with Gasteiger partial charge >= 0.3 is 0 Å². The van der Waals surface area contributed by atoms with Crippen molar-refractivity contribution in [3.63, 3.8) is 0 Å². The van der Waals surface area contributed by atoms with Gasteiger partial charge in [-0.1, -0.05) is 18.2 Å². The van der Waals surface area contributed by atoms with Gasteiger partial charge < -0.3 is 15.5 Å². The van der Waals surface area contributed by atoms with Gasteiger partial charge in [-0.25, -0.2) is 4.39 Å². The second kappa shape index (κ2) is 8.07. The molecule has 1 aromatic heterocycles. The van der Waals surface area contributed by atoms with Crippen LogP contribution in [0.1, 0.15) is 67.8 Å². The number of H-pyrrole nitrogens is 1. The quantitative estimate of drug-likeness (QED) is 0.468. The molecule has 1 amide bonds. The largest absolute Gasteiger partial charge is 0.489 e. The molecule has 1 saturated heterocycles. The Morgan fingerprint density at radius 3 is 2.83 bits per heavy atom. The number of likely N-dealkylation sites (tertiary alicyclic amines) is 1. The molecule has 4 heterocycles. The Morgan fingerprint density at radius 1 is 1.25 bits per heavy atom. The highest BCUT2D eigenvalue weighted by atomic mass is 19.1. The summed E-state index contributed by atoms with van der Waals surface area (Å²) in [6.45, 7) is 6.34. The van der Waals surface area contributed by atoms with Crippen LogP contribution in [0.2, 0.25) is 0 Å². The van der Waals surface area contributed by atoms with E-state index in [0.717, 1.165) is 36.2 Å². The van der Waals surface area contributed by atoms with E-state index in [0.29, 0.717) is 43.7 Å². The number of primary amides is 1. The van der Waals surface area contributed by atoms with Crippen LogP contribution in [0.3, 0.4) is 0 Å². The summed E-state index contributed by atoms with van der Waals surface area (Å²) in [6, 6.07) is 12.0. The molecule has 3 aliphatic carbocycles. The highest BCUT2D eigenvalue weighted by Gasteiger charge is 2.84. The lowest BCUT2D eigenvalue weighted by Gasteiger charge is -2.83. The molecule has 0 radical (unpaired) electrons. The molecule has 1 spiro atoms. The first-order chi connectivity index (χ1) is 19.2. The second-order valence-electron chi connectivity index (χ2n) is 13.2. The maximum atomic E-state index is 16.6. The van der Waals surface area contributed by atoms with Gasteiger partial charge in [0.1, 0.15) is 17.7 Å². The van der Waals surface area contributed by atoms with Crippen LogP contribution in [-0.4, -0.2) is 64.7 Å². The molecule has 3 saturated carbocycles. The lowest BCUT2D eigenvalue weighted by molar-refractivity contribution is -0.276. The van der Waals surface area contributed by atoms with Gasteiger partial charge in [0, 0.05) is 65.4 Å². The molecule has 1 unspecified atom stereocenters. The predicted octanol–water partition coefficient (Wildman–Crippen LogP) is 4.74. The van der Waals surface area contributed by atoms with Crippen LogP contribution < -0.4 is 10.5 Å². The van der Waals surface area contributed by atoms with Gasteiger partial charge in [-0.05, 0) is 69.2 Å². The zero-order chi connectivity index (χ0) is 27.6. The average molecular weight is 547 g/mol. The lowest BCUT2D eigenvalue weighted by atomic mass is 9.28. The zero-order valence-electron chi connectivity index (χ0n) is 23.1. The van der Waals surface area contributed by atoms with Crippen LogP contribution in [0.5, 0.6) is 5.75 Å². The number of nitrogens with zero attached hydrogens (tertiary/aromatic N) is 2. The van der Waals surface area contributed by atoms with Crippen LogP contribution >= 0.6 is 0 Å². The summed E-state index contributed by atoms with van der Waals surface area (Å²) >= 11 is 0. The van der Waals surface area contributed by atoms with Crippen molar-refractivity contribution in [3.8, 4) is 5.75 Å². The van der Waals surface area contributed by atoms with Gasteiger partial charge in [0.2, 0.25) is 5.91 Å². The molecular weight excluding hydrogens is 510 g/mol. The van der Waals surface area contributed by atoms with E-state index in [1.54, 1.807) is 0 Å². The highest BCUT2D eigenvalue weighted by molar-refractivity contribution is 5.90. The smallest absolute Gasteiger partial charge is 0.224 e. The van der Waals surface area contributed by atoms with Gasteiger partial charge in [0.15, 0.2) is 0 Å². The Bertz CT molecular complexity index is 1560. The number of hydrogen-bond acceptors (Lipinski definition) is 4. The summed E-state index contributed by atoms with van der Waals surface area (Å²) in [6.07, 6.45) is 3.57. The maximum absolute atomic E-state index is 16.6. The number of benzene rings is 2. The Labute approximate surface area is 232 Å². The monoisotopic (exact) mass is 546 g/mol. The minimum Gasteiger partial charge on any atom is -0.489 e. The lowest BCUT2D eigenvalue weighted by Crippen LogP contribution is -2.88. The predicted molar refractivity (Wildman–Crippen MR) is 149 cm³/mol. The van der Waals surface area contributed by atoms with Crippen LogP contribution in [0.25, 0.3) is 10.9 Å². The fourth-order valence-corrected chi connectivity index (χ4v) is 9.80. The molecule has 3 aromatic rings. The van der Waals surface area contributed by atoms with Crippen molar-refractivity contribution < 1.29 is 18.3 Å². The average Bonchev–Trinajstić information content (AvgIpc) is 3.47. The molecule has 6 aliphatic rings. The fourth-order valence-electron chi connectivity index (χ4n) is 9.80. The summed E-state index contributed by atoms with van der Waals surface area (Å²) in [5.74, 6) is -0.216. The SMILES string of the molecule is C[C@H]1Cc2c([nH]c3ccccc23)[C@@]2(C)c3c(F)cc(O[C@H]4CCN(CCCF)C4)cc3C3C4(C(N)=O)CC3(C4)N12. The van der Waals surface area contributed by atoms with E-state index < -0.39 is 11.0 Å². The summed E-state index contributed by atoms with van der Waals surface area (Å²) in [5.41, 5.74) is 9.34. The number of halogens is 2. The number of ether oxygens (including phenoxy) is 1. The van der Waals surface area contributed by atoms with E-state index in [4.69, 9.17) is 10.5 Å². The number of carbonyl (C=O) groups excluding carboxylic acids is 1. The molecule has 210 valence electrons. The number of carbonyl (C=O) groups is 1. The highest BCUT2D eigenvalue weighted by Crippen LogP contribution is 2.82. The van der Waals surface area contributed by atoms with Crippen molar-refractivity contribution in [1.82, 2.24) is 14.8 Å². The molecule has 6 nitrogen and oxygen atoms in total. The Hall–Kier alpha value is -2.97. The van der Waals surface area contributed by atoms with Crippen LogP contribution in [0, 0.1) is 11.2 Å². The third-order valence-corrected chi connectivity index (χ3v) is 11.1. The van der Waals surface area contributed by atoms with Crippen molar-refractivity contribution in [2.75, 3.05) is 26.3 Å². The molecule has 3 aliphatic heterocycles. The number of nitrogens with two attached hydrogens (primary N) is 1. The van der Waals surface area contributed by atoms with Crippen LogP contribution in [0.15, 0.2) is 36.4 Å². The van der Waals surface area contributed by atoms with Crippen molar-refractivity contribution in [1.29, 1.82) is 0 Å². The van der Waals surface area contributed by atoms with Crippen LogP contribution in [-0.2, 0) is 16.8 Å². The fraction of sp³-hybridized carbons (Fsp3) is 0.531. The number of para-hydroxylation sites is 1. The Kier molecular flexibility index (Phi) is 5.00. The molecule has 2 bridgehead atoms. The molecule has 4 atom stereocenters. The number of alkyl halides is 1. The molecule has 9 rings (SSSR count). The standard InChI is InChI=1S/C32H36F2N4O2/c1-18-12-22-21-6-3-4-7-25(21)36-28(22)30(2)26-23(27-31(29(35)39)16-32(27,17-31)38(18)30)13-20(14-24(26)34)40-19-8-11-37(15-19)10-5-9-33/h3-4,6-7,13-14,18-19,27,36H,5,8-12,15-17H2,1-2H3,(H2,35,39)/t18-,19-,27?,30+,31?,32?/m0/s1. The summed E-state index contributed by atoms with van der Waals surface area (Å²) < 4.78 is 35.7. The summed E-state index contributed by atoms with van der Waals surface area (Å²) in [4.78, 5) is 21.3. The number of amides is 1. The van der Waals surface area contributed by atoms with E-state index in [9.17, 15) is 9.18 Å². The van der Waals surface area contributed by atoms with Gasteiger partial charge in [-0.15, -0.1) is 0 Å². The van der Waals surface area contributed by atoms with Gasteiger partial charge in [-0.3, -0.25) is 19.0 Å². The van der Waals surface area contributed by atoms with E-state index in [-0.39, 0.29) is 42.0 Å². The second-order valence-corrected chi connectivity index (χ2v) is 13.2. The van der Waals surface area contributed by atoms with E-state index in [1.165, 1.54) is 17.0 Å². The normalized spacial score (nSPS) is 35.8.